The number of pyridine rings is 1. The molecule has 0 spiro atoms. The molecule has 3 aromatic heterocycles. The summed E-state index contributed by atoms with van der Waals surface area (Å²) in [5.74, 6) is 0.226. The molecule has 134 valence electrons. The molecule has 1 aromatic carbocycles. The normalized spacial score (nSPS) is 10.5. The van der Waals surface area contributed by atoms with E-state index in [2.05, 4.69) is 15.3 Å². The molecule has 0 radical (unpaired) electrons. The first-order valence-corrected chi connectivity index (χ1v) is 9.99. The van der Waals surface area contributed by atoms with Gasteiger partial charge in [-0.15, -0.1) is 22.7 Å². The van der Waals surface area contributed by atoms with Crippen molar-refractivity contribution >= 4 is 39.5 Å². The van der Waals surface area contributed by atoms with Gasteiger partial charge in [0.2, 0.25) is 0 Å². The lowest BCUT2D eigenvalue weighted by Gasteiger charge is -2.07. The molecule has 4 rings (SSSR count). The van der Waals surface area contributed by atoms with Crippen LogP contribution in [0.15, 0.2) is 71.6 Å². The van der Waals surface area contributed by atoms with E-state index in [1.165, 1.54) is 11.3 Å². The van der Waals surface area contributed by atoms with Gasteiger partial charge < -0.3 is 10.1 Å². The number of hydrogen-bond donors (Lipinski definition) is 1. The Morgan fingerprint density at radius 3 is 2.81 bits per heavy atom. The van der Waals surface area contributed by atoms with Gasteiger partial charge in [-0.2, -0.15) is 0 Å². The molecule has 7 heteroatoms. The molecule has 0 amide bonds. The number of esters is 1. The summed E-state index contributed by atoms with van der Waals surface area (Å²) in [4.78, 5) is 21.9. The minimum atomic E-state index is -0.277. The third-order valence-electron chi connectivity index (χ3n) is 3.65. The van der Waals surface area contributed by atoms with Crippen molar-refractivity contribution in [2.45, 2.75) is 6.42 Å². The molecule has 27 heavy (non-hydrogen) atoms. The van der Waals surface area contributed by atoms with Crippen LogP contribution in [0.25, 0.3) is 11.4 Å². The molecule has 4 aromatic rings. The van der Waals surface area contributed by atoms with Gasteiger partial charge in [-0.25, -0.2) is 4.98 Å². The number of aromatic nitrogens is 2. The number of thiazole rings is 1. The van der Waals surface area contributed by atoms with Gasteiger partial charge in [0.15, 0.2) is 5.13 Å². The molecule has 0 unspecified atom stereocenters. The summed E-state index contributed by atoms with van der Waals surface area (Å²) in [7, 11) is 0. The van der Waals surface area contributed by atoms with Crippen LogP contribution in [0, 0.1) is 0 Å². The smallest absolute Gasteiger partial charge is 0.316 e. The van der Waals surface area contributed by atoms with Crippen LogP contribution < -0.4 is 10.1 Å². The number of rotatable bonds is 6. The Bertz CT molecular complexity index is 1030. The zero-order valence-electron chi connectivity index (χ0n) is 14.2. The maximum Gasteiger partial charge on any atom is 0.316 e. The fourth-order valence-electron chi connectivity index (χ4n) is 2.45. The van der Waals surface area contributed by atoms with Crippen LogP contribution in [0.2, 0.25) is 0 Å². The van der Waals surface area contributed by atoms with E-state index in [1.54, 1.807) is 29.7 Å². The fourth-order valence-corrected chi connectivity index (χ4v) is 3.86. The summed E-state index contributed by atoms with van der Waals surface area (Å²) in [6.45, 7) is 0. The quantitative estimate of drug-likeness (QED) is 0.362. The standard InChI is InChI=1S/C20H15N3O2S2/c24-19(12-16-7-4-10-26-16)25-15-6-3-5-14(11-15)22-20-23-18(13-27-20)17-8-1-2-9-21-17/h1-11,13H,12H2,(H,22,23). The Morgan fingerprint density at radius 2 is 2.00 bits per heavy atom. The Morgan fingerprint density at radius 1 is 1.04 bits per heavy atom. The van der Waals surface area contributed by atoms with Crippen molar-refractivity contribution in [3.8, 4) is 17.1 Å². The van der Waals surface area contributed by atoms with Gasteiger partial charge in [-0.05, 0) is 35.7 Å². The van der Waals surface area contributed by atoms with Crippen LogP contribution in [0.5, 0.6) is 5.75 Å². The Labute approximate surface area is 164 Å². The van der Waals surface area contributed by atoms with Gasteiger partial charge in [0.1, 0.15) is 11.4 Å². The van der Waals surface area contributed by atoms with Crippen LogP contribution in [-0.2, 0) is 11.2 Å². The maximum absolute atomic E-state index is 12.1. The molecule has 5 nitrogen and oxygen atoms in total. The number of thiophene rings is 1. The zero-order chi connectivity index (χ0) is 18.5. The van der Waals surface area contributed by atoms with E-state index < -0.39 is 0 Å². The number of nitrogens with zero attached hydrogens (tertiary/aromatic N) is 2. The number of hydrogen-bond acceptors (Lipinski definition) is 7. The van der Waals surface area contributed by atoms with Gasteiger partial charge >= 0.3 is 5.97 Å². The van der Waals surface area contributed by atoms with Crippen molar-refractivity contribution < 1.29 is 9.53 Å². The van der Waals surface area contributed by atoms with Crippen molar-refractivity contribution in [1.82, 2.24) is 9.97 Å². The molecule has 0 saturated carbocycles. The number of nitrogens with one attached hydrogen (secondary N) is 1. The minimum Gasteiger partial charge on any atom is -0.426 e. The monoisotopic (exact) mass is 393 g/mol. The number of carbonyl (C=O) groups excluding carboxylic acids is 1. The molecule has 1 N–H and O–H groups in total. The maximum atomic E-state index is 12.1. The Kier molecular flexibility index (Phi) is 5.22. The summed E-state index contributed by atoms with van der Waals surface area (Å²) in [6, 6.07) is 16.9. The molecule has 3 heterocycles. The van der Waals surface area contributed by atoms with E-state index in [0.717, 1.165) is 27.1 Å². The summed E-state index contributed by atoms with van der Waals surface area (Å²) in [5.41, 5.74) is 2.46. The number of ether oxygens (including phenoxy) is 1. The first-order valence-electron chi connectivity index (χ1n) is 8.23. The number of carbonyl (C=O) groups is 1. The van der Waals surface area contributed by atoms with Crippen LogP contribution in [-0.4, -0.2) is 15.9 Å². The van der Waals surface area contributed by atoms with Crippen LogP contribution in [0.3, 0.4) is 0 Å². The van der Waals surface area contributed by atoms with Crippen LogP contribution in [0.1, 0.15) is 4.88 Å². The topological polar surface area (TPSA) is 64.1 Å². The van der Waals surface area contributed by atoms with E-state index in [-0.39, 0.29) is 12.4 Å². The summed E-state index contributed by atoms with van der Waals surface area (Å²) >= 11 is 3.04. The van der Waals surface area contributed by atoms with E-state index in [0.29, 0.717) is 5.75 Å². The summed E-state index contributed by atoms with van der Waals surface area (Å²) in [6.07, 6.45) is 2.02. The second-order valence-corrected chi connectivity index (χ2v) is 7.53. The van der Waals surface area contributed by atoms with Crippen molar-refractivity contribution in [1.29, 1.82) is 0 Å². The molecule has 0 saturated heterocycles. The van der Waals surface area contributed by atoms with Gasteiger partial charge in [0.05, 0.1) is 12.1 Å². The highest BCUT2D eigenvalue weighted by molar-refractivity contribution is 7.14. The first-order chi connectivity index (χ1) is 13.3. The highest BCUT2D eigenvalue weighted by Crippen LogP contribution is 2.27. The minimum absolute atomic E-state index is 0.273. The van der Waals surface area contributed by atoms with Crippen LogP contribution >= 0.6 is 22.7 Å². The second-order valence-electron chi connectivity index (χ2n) is 5.64. The average molecular weight is 393 g/mol. The lowest BCUT2D eigenvalue weighted by atomic mass is 10.3. The lowest BCUT2D eigenvalue weighted by Crippen LogP contribution is -2.10. The number of benzene rings is 1. The van der Waals surface area contributed by atoms with E-state index >= 15 is 0 Å². The largest absolute Gasteiger partial charge is 0.426 e. The highest BCUT2D eigenvalue weighted by Gasteiger charge is 2.09. The Hall–Kier alpha value is -3.03. The molecule has 0 aliphatic heterocycles. The molecule has 0 bridgehead atoms. The molecular formula is C20H15N3O2S2. The fraction of sp³-hybridized carbons (Fsp3) is 0.0500. The summed E-state index contributed by atoms with van der Waals surface area (Å²) in [5, 5.41) is 7.89. The van der Waals surface area contributed by atoms with E-state index in [9.17, 15) is 4.79 Å². The predicted octanol–water partition coefficient (Wildman–Crippen LogP) is 5.16. The van der Waals surface area contributed by atoms with Gasteiger partial charge in [-0.1, -0.05) is 18.2 Å². The van der Waals surface area contributed by atoms with Crippen molar-refractivity contribution in [3.63, 3.8) is 0 Å². The van der Waals surface area contributed by atoms with Gasteiger partial charge in [-0.3, -0.25) is 9.78 Å². The van der Waals surface area contributed by atoms with E-state index in [1.807, 2.05) is 53.2 Å². The first kappa shape index (κ1) is 17.4. The molecule has 0 aliphatic carbocycles. The van der Waals surface area contributed by atoms with Crippen LogP contribution in [0.4, 0.5) is 10.8 Å². The van der Waals surface area contributed by atoms with Crippen molar-refractivity contribution in [2.24, 2.45) is 0 Å². The van der Waals surface area contributed by atoms with Gasteiger partial charge in [0.25, 0.3) is 0 Å². The SMILES string of the molecule is O=C(Cc1cccs1)Oc1cccc(Nc2nc(-c3ccccn3)cs2)c1. The van der Waals surface area contributed by atoms with Gasteiger partial charge in [0, 0.05) is 28.2 Å². The molecule has 0 atom stereocenters. The molecule has 0 fully saturated rings. The zero-order valence-corrected chi connectivity index (χ0v) is 15.8. The summed E-state index contributed by atoms with van der Waals surface area (Å²) < 4.78 is 5.44. The van der Waals surface area contributed by atoms with Crippen molar-refractivity contribution in [3.05, 3.63) is 76.4 Å². The predicted molar refractivity (Wildman–Crippen MR) is 109 cm³/mol. The third-order valence-corrected chi connectivity index (χ3v) is 5.28. The third kappa shape index (κ3) is 4.58. The molecular weight excluding hydrogens is 378 g/mol. The van der Waals surface area contributed by atoms with E-state index in [4.69, 9.17) is 4.74 Å². The number of anilines is 2. The highest BCUT2D eigenvalue weighted by atomic mass is 32.1. The lowest BCUT2D eigenvalue weighted by molar-refractivity contribution is -0.133. The average Bonchev–Trinajstić information content (AvgIpc) is 3.35. The van der Waals surface area contributed by atoms with Crippen molar-refractivity contribution in [2.75, 3.05) is 5.32 Å². The Balaban J connectivity index is 1.42. The molecule has 0 aliphatic rings. The second kappa shape index (κ2) is 8.11.